The molecular weight excluding hydrogens is 350 g/mol. The number of hydrogen-bond donors (Lipinski definition) is 0. The zero-order valence-electron chi connectivity index (χ0n) is 19.2. The van der Waals surface area contributed by atoms with E-state index in [0.29, 0.717) is 18.2 Å². The van der Waals surface area contributed by atoms with Crippen molar-refractivity contribution in [3.8, 4) is 0 Å². The smallest absolute Gasteiger partial charge is 0.343 e. The van der Waals surface area contributed by atoms with Crippen LogP contribution < -0.4 is 4.90 Å². The summed E-state index contributed by atoms with van der Waals surface area (Å²) in [6, 6.07) is 0.370. The highest BCUT2D eigenvalue weighted by atomic mass is 16.5. The third-order valence-corrected chi connectivity index (χ3v) is 4.85. The van der Waals surface area contributed by atoms with Crippen LogP contribution in [0.2, 0.25) is 0 Å². The lowest BCUT2D eigenvalue weighted by molar-refractivity contribution is 0.0526. The van der Waals surface area contributed by atoms with Gasteiger partial charge in [0.2, 0.25) is 0 Å². The summed E-state index contributed by atoms with van der Waals surface area (Å²) in [5.74, 6) is 1.24. The highest BCUT2D eigenvalue weighted by Crippen LogP contribution is 2.28. The molecule has 0 saturated carbocycles. The molecule has 1 aromatic rings. The third kappa shape index (κ3) is 7.76. The van der Waals surface area contributed by atoms with Crippen molar-refractivity contribution in [2.75, 3.05) is 18.1 Å². The van der Waals surface area contributed by atoms with Crippen molar-refractivity contribution in [3.05, 3.63) is 17.6 Å². The molecule has 5 heteroatoms. The Kier molecular flexibility index (Phi) is 10.5. The normalized spacial score (nSPS) is 11.7. The average molecular weight is 392 g/mol. The van der Waals surface area contributed by atoms with E-state index in [9.17, 15) is 4.79 Å². The van der Waals surface area contributed by atoms with Crippen molar-refractivity contribution >= 4 is 11.8 Å². The largest absolute Gasteiger partial charge is 0.462 e. The van der Waals surface area contributed by atoms with E-state index in [-0.39, 0.29) is 11.4 Å². The quantitative estimate of drug-likeness (QED) is 0.420. The highest BCUT2D eigenvalue weighted by Gasteiger charge is 2.27. The predicted octanol–water partition coefficient (Wildman–Crippen LogP) is 5.82. The maximum Gasteiger partial charge on any atom is 0.343 e. The Morgan fingerprint density at radius 1 is 1.11 bits per heavy atom. The Labute approximate surface area is 172 Å². The molecule has 0 aliphatic carbocycles. The van der Waals surface area contributed by atoms with Gasteiger partial charge in [-0.3, -0.25) is 0 Å². The van der Waals surface area contributed by atoms with Gasteiger partial charge in [-0.25, -0.2) is 14.8 Å². The average Bonchev–Trinajstić information content (AvgIpc) is 2.62. The van der Waals surface area contributed by atoms with E-state index in [4.69, 9.17) is 9.72 Å². The molecule has 1 heterocycles. The molecule has 1 rings (SSSR count). The van der Waals surface area contributed by atoms with Crippen LogP contribution in [0.4, 0.5) is 5.82 Å². The molecule has 0 fully saturated rings. The van der Waals surface area contributed by atoms with Gasteiger partial charge in [0.15, 0.2) is 0 Å². The first-order valence-electron chi connectivity index (χ1n) is 11.1. The molecule has 0 radical (unpaired) electrons. The van der Waals surface area contributed by atoms with Gasteiger partial charge in [0.1, 0.15) is 17.2 Å². The van der Waals surface area contributed by atoms with Gasteiger partial charge >= 0.3 is 5.97 Å². The Morgan fingerprint density at radius 3 is 2.25 bits per heavy atom. The Balaban J connectivity index is 3.43. The number of anilines is 1. The number of esters is 1. The molecule has 0 N–H and O–H groups in total. The molecule has 0 aliphatic heterocycles. The summed E-state index contributed by atoms with van der Waals surface area (Å²) in [7, 11) is 0. The summed E-state index contributed by atoms with van der Waals surface area (Å²) in [6.45, 7) is 16.4. The predicted molar refractivity (Wildman–Crippen MR) is 117 cm³/mol. The summed E-state index contributed by atoms with van der Waals surface area (Å²) in [6.07, 6.45) is 8.90. The maximum absolute atomic E-state index is 12.6. The molecule has 0 atom stereocenters. The number of carbonyl (C=O) groups excluding carboxylic acids is 1. The lowest BCUT2D eigenvalue weighted by Gasteiger charge is -2.36. The standard InChI is InChI=1S/C23H41N3O2/c1-8-12-18(13-9-2)26(16-15-23(5,6)7)21-19(22(27)28-11-4)17-24-20(25-21)14-10-3/h17-18H,8-16H2,1-7H3. The maximum atomic E-state index is 12.6. The Hall–Kier alpha value is -1.65. The van der Waals surface area contributed by atoms with E-state index in [1.165, 1.54) is 0 Å². The van der Waals surface area contributed by atoms with E-state index in [1.54, 1.807) is 6.20 Å². The van der Waals surface area contributed by atoms with E-state index >= 15 is 0 Å². The van der Waals surface area contributed by atoms with Crippen molar-refractivity contribution < 1.29 is 9.53 Å². The first kappa shape index (κ1) is 24.4. The van der Waals surface area contributed by atoms with Crippen LogP contribution in [0.1, 0.15) is 103 Å². The number of nitrogens with zero attached hydrogens (tertiary/aromatic N) is 3. The van der Waals surface area contributed by atoms with Crippen LogP contribution in [0.25, 0.3) is 0 Å². The fourth-order valence-electron chi connectivity index (χ4n) is 3.36. The van der Waals surface area contributed by atoms with Crippen LogP contribution >= 0.6 is 0 Å². The van der Waals surface area contributed by atoms with Crippen LogP contribution in [0.15, 0.2) is 6.20 Å². The molecule has 0 bridgehead atoms. The summed E-state index contributed by atoms with van der Waals surface area (Å²) in [4.78, 5) is 24.3. The lowest BCUT2D eigenvalue weighted by Crippen LogP contribution is -2.39. The monoisotopic (exact) mass is 391 g/mol. The van der Waals surface area contributed by atoms with Crippen molar-refractivity contribution in [1.29, 1.82) is 0 Å². The van der Waals surface area contributed by atoms with Crippen molar-refractivity contribution in [2.24, 2.45) is 5.41 Å². The minimum Gasteiger partial charge on any atom is -0.462 e. The van der Waals surface area contributed by atoms with Crippen LogP contribution in [-0.2, 0) is 11.2 Å². The molecule has 0 amide bonds. The highest BCUT2D eigenvalue weighted by molar-refractivity contribution is 5.94. The lowest BCUT2D eigenvalue weighted by atomic mass is 9.91. The Bertz CT molecular complexity index is 590. The van der Waals surface area contributed by atoms with Gasteiger partial charge in [-0.05, 0) is 38.0 Å². The van der Waals surface area contributed by atoms with E-state index in [1.807, 2.05) is 6.92 Å². The number of aromatic nitrogens is 2. The number of aryl methyl sites for hydroxylation is 1. The van der Waals surface area contributed by atoms with Crippen molar-refractivity contribution in [3.63, 3.8) is 0 Å². The SMILES string of the molecule is CCCc1ncc(C(=O)OCC)c(N(CCC(C)(C)C)C(CCC)CCC)n1. The number of rotatable bonds is 12. The molecule has 0 saturated heterocycles. The summed E-state index contributed by atoms with van der Waals surface area (Å²) in [5.41, 5.74) is 0.706. The van der Waals surface area contributed by atoms with Gasteiger partial charge in [0.05, 0.1) is 6.61 Å². The fraction of sp³-hybridized carbons (Fsp3) is 0.783. The van der Waals surface area contributed by atoms with Crippen LogP contribution in [0, 0.1) is 5.41 Å². The molecule has 0 spiro atoms. The minimum atomic E-state index is -0.326. The summed E-state index contributed by atoms with van der Waals surface area (Å²) < 4.78 is 5.32. The molecular formula is C23H41N3O2. The van der Waals surface area contributed by atoms with Gasteiger partial charge in [0.25, 0.3) is 0 Å². The van der Waals surface area contributed by atoms with Gasteiger partial charge in [-0.2, -0.15) is 0 Å². The first-order chi connectivity index (χ1) is 13.3. The van der Waals surface area contributed by atoms with E-state index < -0.39 is 0 Å². The second-order valence-electron chi connectivity index (χ2n) is 8.73. The zero-order valence-corrected chi connectivity index (χ0v) is 19.2. The molecule has 1 aromatic heterocycles. The zero-order chi connectivity index (χ0) is 21.2. The fourth-order valence-corrected chi connectivity index (χ4v) is 3.36. The number of hydrogen-bond acceptors (Lipinski definition) is 5. The second-order valence-corrected chi connectivity index (χ2v) is 8.73. The third-order valence-electron chi connectivity index (χ3n) is 4.85. The molecule has 160 valence electrons. The summed E-state index contributed by atoms with van der Waals surface area (Å²) >= 11 is 0. The minimum absolute atomic E-state index is 0.213. The number of carbonyl (C=O) groups is 1. The molecule has 0 unspecified atom stereocenters. The topological polar surface area (TPSA) is 55.3 Å². The van der Waals surface area contributed by atoms with E-state index in [2.05, 4.69) is 51.4 Å². The molecule has 0 aliphatic rings. The van der Waals surface area contributed by atoms with Crippen LogP contribution in [-0.4, -0.2) is 35.1 Å². The van der Waals surface area contributed by atoms with Gasteiger partial charge in [0, 0.05) is 25.2 Å². The van der Waals surface area contributed by atoms with Crippen molar-refractivity contribution in [1.82, 2.24) is 9.97 Å². The molecule has 0 aromatic carbocycles. The Morgan fingerprint density at radius 2 is 1.75 bits per heavy atom. The van der Waals surface area contributed by atoms with E-state index in [0.717, 1.165) is 63.1 Å². The molecule has 5 nitrogen and oxygen atoms in total. The van der Waals surface area contributed by atoms with Gasteiger partial charge in [-0.15, -0.1) is 0 Å². The van der Waals surface area contributed by atoms with Crippen LogP contribution in [0.3, 0.4) is 0 Å². The van der Waals surface area contributed by atoms with Crippen molar-refractivity contribution in [2.45, 2.75) is 99.5 Å². The van der Waals surface area contributed by atoms with Gasteiger partial charge in [-0.1, -0.05) is 54.4 Å². The second kappa shape index (κ2) is 12.0. The van der Waals surface area contributed by atoms with Gasteiger partial charge < -0.3 is 9.64 Å². The number of ether oxygens (including phenoxy) is 1. The first-order valence-corrected chi connectivity index (χ1v) is 11.1. The van der Waals surface area contributed by atoms with Crippen LogP contribution in [0.5, 0.6) is 0 Å². The summed E-state index contributed by atoms with van der Waals surface area (Å²) in [5, 5.41) is 0. The molecule has 28 heavy (non-hydrogen) atoms.